The van der Waals surface area contributed by atoms with Crippen molar-refractivity contribution in [2.45, 2.75) is 20.8 Å². The number of aliphatic hydroxyl groups is 1. The van der Waals surface area contributed by atoms with Crippen molar-refractivity contribution in [3.8, 4) is 0 Å². The van der Waals surface area contributed by atoms with Crippen molar-refractivity contribution in [3.63, 3.8) is 0 Å². The lowest BCUT2D eigenvalue weighted by Gasteiger charge is -2.26. The maximum atomic E-state index is 9.45. The van der Waals surface area contributed by atoms with Gasteiger partial charge >= 0.3 is 0 Å². The molecule has 1 rings (SSSR count). The Kier molecular flexibility index (Phi) is 3.17. The number of rotatable bonds is 2. The van der Waals surface area contributed by atoms with Crippen molar-refractivity contribution in [2.24, 2.45) is 4.99 Å². The first-order valence-electron chi connectivity index (χ1n) is 4.64. The first kappa shape index (κ1) is 9.89. The molecule has 0 bridgehead atoms. The van der Waals surface area contributed by atoms with E-state index in [4.69, 9.17) is 0 Å². The maximum absolute atomic E-state index is 9.45. The first-order valence-corrected chi connectivity index (χ1v) is 4.64. The monoisotopic (exact) mass is 183 g/mol. The van der Waals surface area contributed by atoms with E-state index in [1.165, 1.54) is 0 Å². The van der Waals surface area contributed by atoms with Gasteiger partial charge < -0.3 is 10.0 Å². The van der Waals surface area contributed by atoms with Gasteiger partial charge in [-0.2, -0.15) is 0 Å². The van der Waals surface area contributed by atoms with E-state index < -0.39 is 0 Å². The number of nitrogens with zero attached hydrogens (tertiary/aromatic N) is 2. The fourth-order valence-corrected chi connectivity index (χ4v) is 1.22. The summed E-state index contributed by atoms with van der Waals surface area (Å²) in [5.74, 6) is 1.02. The minimum atomic E-state index is 0.247. The fourth-order valence-electron chi connectivity index (χ4n) is 1.22. The lowest BCUT2D eigenvalue weighted by atomic mass is 10.3. The molecule has 0 amide bonds. The third-order valence-corrected chi connectivity index (χ3v) is 2.16. The minimum absolute atomic E-state index is 0.247. The number of hydrogen-bond donors (Lipinski definition) is 2. The van der Waals surface area contributed by atoms with Gasteiger partial charge in [0.25, 0.3) is 0 Å². The van der Waals surface area contributed by atoms with Crippen LogP contribution in [0.3, 0.4) is 0 Å². The van der Waals surface area contributed by atoms with Crippen molar-refractivity contribution >= 4 is 5.96 Å². The number of aliphatic hydroxyl groups excluding tert-OH is 1. The molecule has 0 aromatic heterocycles. The summed E-state index contributed by atoms with van der Waals surface area (Å²) in [5.41, 5.74) is 0.885. The van der Waals surface area contributed by atoms with Crippen LogP contribution in [0.15, 0.2) is 16.4 Å². The van der Waals surface area contributed by atoms with E-state index in [2.05, 4.69) is 29.1 Å². The van der Waals surface area contributed by atoms with E-state index in [9.17, 15) is 5.11 Å². The SMILES string of the molecule is CCN(CC)C1=NCC(C)=C(O)N1. The normalized spacial score (nSPS) is 16.7. The topological polar surface area (TPSA) is 47.9 Å². The Morgan fingerprint density at radius 2 is 2.08 bits per heavy atom. The molecule has 74 valence electrons. The highest BCUT2D eigenvalue weighted by Gasteiger charge is 2.14. The fraction of sp³-hybridized carbons (Fsp3) is 0.667. The summed E-state index contributed by atoms with van der Waals surface area (Å²) >= 11 is 0. The smallest absolute Gasteiger partial charge is 0.201 e. The molecule has 0 atom stereocenters. The Hall–Kier alpha value is -1.19. The Morgan fingerprint density at radius 3 is 2.54 bits per heavy atom. The molecule has 0 radical (unpaired) electrons. The molecule has 0 aromatic rings. The molecule has 4 nitrogen and oxygen atoms in total. The summed E-state index contributed by atoms with van der Waals surface area (Å²) in [6.45, 7) is 8.38. The van der Waals surface area contributed by atoms with E-state index in [0.29, 0.717) is 6.54 Å². The van der Waals surface area contributed by atoms with Gasteiger partial charge in [0, 0.05) is 18.7 Å². The van der Waals surface area contributed by atoms with Crippen molar-refractivity contribution in [2.75, 3.05) is 19.6 Å². The molecule has 4 heteroatoms. The second-order valence-corrected chi connectivity index (χ2v) is 3.07. The van der Waals surface area contributed by atoms with Gasteiger partial charge in [0.1, 0.15) is 0 Å². The van der Waals surface area contributed by atoms with Crippen molar-refractivity contribution in [1.29, 1.82) is 0 Å². The Bertz CT molecular complexity index is 241. The average Bonchev–Trinajstić information content (AvgIpc) is 2.13. The molecular formula is C9H17N3O. The molecule has 0 aliphatic carbocycles. The molecule has 0 fully saturated rings. The van der Waals surface area contributed by atoms with Gasteiger partial charge in [0.15, 0.2) is 5.88 Å². The number of aliphatic imine (C=N–C) groups is 1. The van der Waals surface area contributed by atoms with Gasteiger partial charge in [-0.25, -0.2) is 4.99 Å². The molecule has 13 heavy (non-hydrogen) atoms. The zero-order valence-electron chi connectivity index (χ0n) is 8.46. The molecule has 0 saturated carbocycles. The zero-order chi connectivity index (χ0) is 9.84. The third-order valence-electron chi connectivity index (χ3n) is 2.16. The molecule has 0 unspecified atom stereocenters. The van der Waals surface area contributed by atoms with Crippen LogP contribution in [-0.4, -0.2) is 35.6 Å². The minimum Gasteiger partial charge on any atom is -0.495 e. The zero-order valence-corrected chi connectivity index (χ0v) is 8.46. The highest BCUT2D eigenvalue weighted by atomic mass is 16.3. The largest absolute Gasteiger partial charge is 0.495 e. The predicted octanol–water partition coefficient (Wildman–Crippen LogP) is 1.08. The molecule has 2 N–H and O–H groups in total. The van der Waals surface area contributed by atoms with E-state index in [1.807, 2.05) is 6.92 Å². The van der Waals surface area contributed by atoms with Crippen LogP contribution in [0.25, 0.3) is 0 Å². The van der Waals surface area contributed by atoms with Crippen molar-refractivity contribution in [1.82, 2.24) is 10.2 Å². The molecule has 1 heterocycles. The van der Waals surface area contributed by atoms with Gasteiger partial charge in [0.05, 0.1) is 6.54 Å². The van der Waals surface area contributed by atoms with Crippen LogP contribution < -0.4 is 5.32 Å². The van der Waals surface area contributed by atoms with E-state index in [-0.39, 0.29) is 5.88 Å². The molecule has 0 spiro atoms. The Balaban J connectivity index is 2.65. The maximum Gasteiger partial charge on any atom is 0.201 e. The number of guanidine groups is 1. The second kappa shape index (κ2) is 4.16. The lowest BCUT2D eigenvalue weighted by molar-refractivity contribution is 0.357. The summed E-state index contributed by atoms with van der Waals surface area (Å²) in [5, 5.41) is 12.3. The van der Waals surface area contributed by atoms with E-state index in [1.54, 1.807) is 0 Å². The Labute approximate surface area is 79.0 Å². The van der Waals surface area contributed by atoms with E-state index in [0.717, 1.165) is 24.6 Å². The Morgan fingerprint density at radius 1 is 1.46 bits per heavy atom. The van der Waals surface area contributed by atoms with Crippen LogP contribution in [0.2, 0.25) is 0 Å². The number of hydrogen-bond acceptors (Lipinski definition) is 4. The summed E-state index contributed by atoms with van der Waals surface area (Å²) in [6.07, 6.45) is 0. The van der Waals surface area contributed by atoms with Gasteiger partial charge in [-0.05, 0) is 20.8 Å². The van der Waals surface area contributed by atoms with Gasteiger partial charge in [-0.1, -0.05) is 0 Å². The summed E-state index contributed by atoms with van der Waals surface area (Å²) in [6, 6.07) is 0. The highest BCUT2D eigenvalue weighted by Crippen LogP contribution is 2.05. The molecule has 0 saturated heterocycles. The van der Waals surface area contributed by atoms with E-state index >= 15 is 0 Å². The van der Waals surface area contributed by atoms with Crippen LogP contribution in [0.4, 0.5) is 0 Å². The second-order valence-electron chi connectivity index (χ2n) is 3.07. The third kappa shape index (κ3) is 2.14. The van der Waals surface area contributed by atoms with Gasteiger partial charge in [0.2, 0.25) is 5.96 Å². The molecule has 0 aromatic carbocycles. The highest BCUT2D eigenvalue weighted by molar-refractivity contribution is 5.82. The van der Waals surface area contributed by atoms with Gasteiger partial charge in [-0.15, -0.1) is 0 Å². The summed E-state index contributed by atoms with van der Waals surface area (Å²) in [7, 11) is 0. The van der Waals surface area contributed by atoms with Gasteiger partial charge in [-0.3, -0.25) is 5.32 Å². The molecule has 1 aliphatic rings. The number of nitrogens with one attached hydrogen (secondary N) is 1. The standard InChI is InChI=1S/C9H17N3O/c1-4-12(5-2)9-10-6-7(3)8(13)11-9/h13H,4-6H2,1-3H3,(H,10,11). The van der Waals surface area contributed by atoms with Crippen LogP contribution in [0, 0.1) is 0 Å². The quantitative estimate of drug-likeness (QED) is 0.673. The lowest BCUT2D eigenvalue weighted by Crippen LogP contribution is -2.43. The van der Waals surface area contributed by atoms with Crippen LogP contribution in [-0.2, 0) is 0 Å². The summed E-state index contributed by atoms with van der Waals surface area (Å²) < 4.78 is 0. The van der Waals surface area contributed by atoms with Crippen molar-refractivity contribution in [3.05, 3.63) is 11.5 Å². The first-order chi connectivity index (χ1) is 6.19. The molecule has 1 aliphatic heterocycles. The summed E-state index contributed by atoms with van der Waals surface area (Å²) in [4.78, 5) is 6.39. The molecular weight excluding hydrogens is 166 g/mol. The van der Waals surface area contributed by atoms with Crippen LogP contribution in [0.1, 0.15) is 20.8 Å². The van der Waals surface area contributed by atoms with Crippen LogP contribution in [0.5, 0.6) is 0 Å². The average molecular weight is 183 g/mol. The van der Waals surface area contributed by atoms with Crippen LogP contribution >= 0.6 is 0 Å². The van der Waals surface area contributed by atoms with Crippen molar-refractivity contribution < 1.29 is 5.11 Å². The predicted molar refractivity (Wildman–Crippen MR) is 53.7 cm³/mol.